The quantitative estimate of drug-likeness (QED) is 0.152. The summed E-state index contributed by atoms with van der Waals surface area (Å²) in [5, 5.41) is 3.40. The zero-order valence-corrected chi connectivity index (χ0v) is 29.1. The van der Waals surface area contributed by atoms with E-state index in [1.165, 1.54) is 35.2 Å². The fraction of sp³-hybridized carbons (Fsp3) is 0.278. The van der Waals surface area contributed by atoms with Crippen LogP contribution in [0.5, 0.6) is 5.75 Å². The number of ether oxygens (including phenoxy) is 1. The molecule has 47 heavy (non-hydrogen) atoms. The molecule has 8 nitrogen and oxygen atoms in total. The van der Waals surface area contributed by atoms with Gasteiger partial charge in [0, 0.05) is 19.0 Å². The van der Waals surface area contributed by atoms with Crippen LogP contribution in [0.3, 0.4) is 0 Å². The minimum Gasteiger partial charge on any atom is -0.497 e. The molecule has 0 saturated heterocycles. The number of hydrogen-bond donors (Lipinski definition) is 1. The van der Waals surface area contributed by atoms with Crippen LogP contribution in [0, 0.1) is 6.92 Å². The van der Waals surface area contributed by atoms with Crippen molar-refractivity contribution in [3.63, 3.8) is 0 Å². The lowest BCUT2D eigenvalue weighted by Crippen LogP contribution is -2.54. The van der Waals surface area contributed by atoms with E-state index in [1.54, 1.807) is 37.4 Å². The van der Waals surface area contributed by atoms with Crippen molar-refractivity contribution >= 4 is 50.7 Å². The van der Waals surface area contributed by atoms with Crippen molar-refractivity contribution < 1.29 is 22.7 Å². The molecule has 248 valence electrons. The Labute approximate surface area is 287 Å². The van der Waals surface area contributed by atoms with Crippen molar-refractivity contribution in [1.82, 2.24) is 10.2 Å². The number of benzene rings is 4. The molecule has 0 saturated carbocycles. The van der Waals surface area contributed by atoms with Gasteiger partial charge in [-0.05, 0) is 73.9 Å². The van der Waals surface area contributed by atoms with E-state index in [2.05, 4.69) is 5.32 Å². The number of sulfonamides is 1. The molecular formula is C36H39Cl2N3O5S. The molecule has 0 fully saturated rings. The molecule has 0 unspecified atom stereocenters. The van der Waals surface area contributed by atoms with E-state index in [4.69, 9.17) is 27.9 Å². The van der Waals surface area contributed by atoms with Crippen LogP contribution in [0.2, 0.25) is 10.0 Å². The predicted octanol–water partition coefficient (Wildman–Crippen LogP) is 7.06. The number of carbonyl (C=O) groups excluding carboxylic acids is 2. The smallest absolute Gasteiger partial charge is 0.264 e. The Kier molecular flexibility index (Phi) is 12.3. The van der Waals surface area contributed by atoms with Gasteiger partial charge in [0.15, 0.2) is 0 Å². The molecule has 0 aromatic heterocycles. The zero-order chi connectivity index (χ0) is 34.1. The Hall–Kier alpha value is -4.05. The molecule has 0 aliphatic rings. The second kappa shape index (κ2) is 16.2. The minimum absolute atomic E-state index is 0.00309. The summed E-state index contributed by atoms with van der Waals surface area (Å²) in [7, 11) is -2.73. The van der Waals surface area contributed by atoms with E-state index in [1.807, 2.05) is 57.2 Å². The maximum atomic E-state index is 14.6. The van der Waals surface area contributed by atoms with Gasteiger partial charge in [-0.1, -0.05) is 90.3 Å². The number of anilines is 1. The minimum atomic E-state index is -4.28. The lowest BCUT2D eigenvalue weighted by molar-refractivity contribution is -0.140. The van der Waals surface area contributed by atoms with E-state index in [-0.39, 0.29) is 45.5 Å². The fourth-order valence-corrected chi connectivity index (χ4v) is 6.67. The first-order valence-electron chi connectivity index (χ1n) is 15.2. The molecule has 0 spiro atoms. The molecule has 0 bridgehead atoms. The highest BCUT2D eigenvalue weighted by atomic mass is 35.5. The van der Waals surface area contributed by atoms with Crippen molar-refractivity contribution in [2.24, 2.45) is 0 Å². The topological polar surface area (TPSA) is 96.0 Å². The number of halogens is 2. The van der Waals surface area contributed by atoms with Crippen LogP contribution in [0.15, 0.2) is 102 Å². The van der Waals surface area contributed by atoms with Crippen molar-refractivity contribution in [2.45, 2.75) is 57.1 Å². The Balaban J connectivity index is 1.83. The largest absolute Gasteiger partial charge is 0.497 e. The third kappa shape index (κ3) is 9.28. The van der Waals surface area contributed by atoms with Gasteiger partial charge in [-0.3, -0.25) is 13.9 Å². The number of nitrogens with zero attached hydrogens (tertiary/aromatic N) is 2. The molecule has 1 N–H and O–H groups in total. The van der Waals surface area contributed by atoms with Gasteiger partial charge in [0.25, 0.3) is 10.0 Å². The van der Waals surface area contributed by atoms with Crippen LogP contribution in [-0.2, 0) is 32.6 Å². The third-order valence-corrected chi connectivity index (χ3v) is 10.4. The van der Waals surface area contributed by atoms with Gasteiger partial charge in [0.1, 0.15) is 18.3 Å². The number of amides is 2. The lowest BCUT2D eigenvalue weighted by Gasteiger charge is -2.34. The summed E-state index contributed by atoms with van der Waals surface area (Å²) in [6.07, 6.45) is 0.893. The molecule has 0 heterocycles. The summed E-state index contributed by atoms with van der Waals surface area (Å²) in [5.41, 5.74) is 2.57. The maximum absolute atomic E-state index is 14.6. The van der Waals surface area contributed by atoms with E-state index in [0.717, 1.165) is 15.4 Å². The summed E-state index contributed by atoms with van der Waals surface area (Å²) in [6.45, 7) is 5.11. The van der Waals surface area contributed by atoms with Crippen LogP contribution >= 0.6 is 23.2 Å². The number of methoxy groups -OCH3 is 1. The van der Waals surface area contributed by atoms with Gasteiger partial charge < -0.3 is 15.0 Å². The molecule has 4 aromatic rings. The Morgan fingerprint density at radius 2 is 1.55 bits per heavy atom. The standard InChI is InChI=1S/C36H39Cl2N3O5S/c1-5-26(3)39-36(43)34(21-27-10-7-6-8-11-27)40(23-28-12-9-13-30(20-28)46-4)35(42)24-41(29-16-19-32(37)33(38)22-29)47(44,45)31-17-14-25(2)15-18-31/h6-20,22,26,34H,5,21,23-24H2,1-4H3,(H,39,43)/t26-,34-/m1/s1. The first kappa shape index (κ1) is 35.8. The molecule has 2 atom stereocenters. The van der Waals surface area contributed by atoms with Gasteiger partial charge in [-0.2, -0.15) is 0 Å². The lowest BCUT2D eigenvalue weighted by atomic mass is 10.0. The van der Waals surface area contributed by atoms with Crippen LogP contribution in [0.1, 0.15) is 37.0 Å². The summed E-state index contributed by atoms with van der Waals surface area (Å²) in [6, 6.07) is 26.2. The highest BCUT2D eigenvalue weighted by Crippen LogP contribution is 2.31. The summed E-state index contributed by atoms with van der Waals surface area (Å²) >= 11 is 12.5. The number of carbonyl (C=O) groups is 2. The number of nitrogens with one attached hydrogen (secondary N) is 1. The van der Waals surface area contributed by atoms with Crippen LogP contribution in [-0.4, -0.2) is 50.9 Å². The van der Waals surface area contributed by atoms with Crippen LogP contribution < -0.4 is 14.4 Å². The summed E-state index contributed by atoms with van der Waals surface area (Å²) < 4.78 is 34.8. The average molecular weight is 697 g/mol. The summed E-state index contributed by atoms with van der Waals surface area (Å²) in [4.78, 5) is 30.0. The SMILES string of the molecule is CC[C@@H](C)NC(=O)[C@@H](Cc1ccccc1)N(Cc1cccc(OC)c1)C(=O)CN(c1ccc(Cl)c(Cl)c1)S(=O)(=O)c1ccc(C)cc1. The molecule has 4 rings (SSSR count). The van der Waals surface area contributed by atoms with Crippen molar-refractivity contribution in [2.75, 3.05) is 18.0 Å². The van der Waals surface area contributed by atoms with Crippen LogP contribution in [0.25, 0.3) is 0 Å². The first-order chi connectivity index (χ1) is 22.4. The molecular weight excluding hydrogens is 657 g/mol. The van der Waals surface area contributed by atoms with E-state index in [9.17, 15) is 18.0 Å². The fourth-order valence-electron chi connectivity index (χ4n) is 4.97. The number of hydrogen-bond acceptors (Lipinski definition) is 5. The third-order valence-electron chi connectivity index (χ3n) is 7.84. The normalized spacial score (nSPS) is 12.6. The van der Waals surface area contributed by atoms with Gasteiger partial charge in [0.2, 0.25) is 11.8 Å². The molecule has 11 heteroatoms. The highest BCUT2D eigenvalue weighted by molar-refractivity contribution is 7.92. The van der Waals surface area contributed by atoms with Crippen molar-refractivity contribution in [3.8, 4) is 5.75 Å². The molecule has 0 radical (unpaired) electrons. The van der Waals surface area contributed by atoms with Gasteiger partial charge in [-0.15, -0.1) is 0 Å². The van der Waals surface area contributed by atoms with Crippen molar-refractivity contribution in [1.29, 1.82) is 0 Å². The second-order valence-electron chi connectivity index (χ2n) is 11.3. The zero-order valence-electron chi connectivity index (χ0n) is 26.8. The van der Waals surface area contributed by atoms with E-state index in [0.29, 0.717) is 17.7 Å². The molecule has 2 amide bonds. The van der Waals surface area contributed by atoms with Gasteiger partial charge >= 0.3 is 0 Å². The van der Waals surface area contributed by atoms with Crippen LogP contribution in [0.4, 0.5) is 5.69 Å². The van der Waals surface area contributed by atoms with E-state index >= 15 is 0 Å². The van der Waals surface area contributed by atoms with Crippen molar-refractivity contribution in [3.05, 3.63) is 124 Å². The monoisotopic (exact) mass is 695 g/mol. The first-order valence-corrected chi connectivity index (χ1v) is 17.4. The van der Waals surface area contributed by atoms with Gasteiger partial charge in [0.05, 0.1) is 27.7 Å². The summed E-state index contributed by atoms with van der Waals surface area (Å²) in [5.74, 6) is -0.352. The predicted molar refractivity (Wildman–Crippen MR) is 188 cm³/mol. The second-order valence-corrected chi connectivity index (χ2v) is 14.0. The maximum Gasteiger partial charge on any atom is 0.264 e. The molecule has 0 aliphatic carbocycles. The molecule has 4 aromatic carbocycles. The Bertz CT molecular complexity index is 1790. The number of aryl methyl sites for hydroxylation is 1. The van der Waals surface area contributed by atoms with Gasteiger partial charge in [-0.25, -0.2) is 8.42 Å². The number of rotatable bonds is 14. The van der Waals surface area contributed by atoms with E-state index < -0.39 is 28.5 Å². The molecule has 0 aliphatic heterocycles. The highest BCUT2D eigenvalue weighted by Gasteiger charge is 2.35. The Morgan fingerprint density at radius 1 is 0.872 bits per heavy atom. The average Bonchev–Trinajstić information content (AvgIpc) is 3.07. The Morgan fingerprint density at radius 3 is 2.19 bits per heavy atom.